The van der Waals surface area contributed by atoms with Gasteiger partial charge in [0.2, 0.25) is 0 Å². The Morgan fingerprint density at radius 3 is 2.64 bits per heavy atom. The van der Waals surface area contributed by atoms with Crippen LogP contribution in [-0.4, -0.2) is 20.5 Å². The first-order valence-electron chi connectivity index (χ1n) is 4.47. The summed E-state index contributed by atoms with van der Waals surface area (Å²) in [6.07, 6.45) is 2.09. The zero-order valence-electron chi connectivity index (χ0n) is 8.45. The van der Waals surface area contributed by atoms with Gasteiger partial charge in [-0.15, -0.1) is 0 Å². The number of methoxy groups -OCH3 is 2. The molecule has 0 aliphatic rings. The normalized spacial score (nSPS) is 9.57. The number of carbonyl (C=O) groups is 1. The summed E-state index contributed by atoms with van der Waals surface area (Å²) in [7, 11) is 3.20. The van der Waals surface area contributed by atoms with E-state index in [0.29, 0.717) is 18.6 Å². The molecule has 1 rings (SSSR count). The molecule has 0 N–H and O–H groups in total. The minimum absolute atomic E-state index is 0.503. The second-order valence-corrected chi connectivity index (χ2v) is 2.86. The van der Waals surface area contributed by atoms with Gasteiger partial charge in [0.05, 0.1) is 14.2 Å². The van der Waals surface area contributed by atoms with Crippen molar-refractivity contribution in [3.63, 3.8) is 0 Å². The van der Waals surface area contributed by atoms with Crippen LogP contribution >= 0.6 is 0 Å². The van der Waals surface area contributed by atoms with Crippen LogP contribution in [-0.2, 0) is 11.2 Å². The Labute approximate surface area is 83.6 Å². The molecule has 0 heterocycles. The molecule has 3 heteroatoms. The maximum absolute atomic E-state index is 10.3. The minimum atomic E-state index is 0.503. The maximum Gasteiger partial charge on any atom is 0.163 e. The molecule has 0 radical (unpaired) electrons. The average Bonchev–Trinajstić information content (AvgIpc) is 2.25. The van der Waals surface area contributed by atoms with E-state index in [9.17, 15) is 4.79 Å². The largest absolute Gasteiger partial charge is 0.493 e. The predicted octanol–water partition coefficient (Wildman–Crippen LogP) is 1.84. The zero-order valence-corrected chi connectivity index (χ0v) is 8.45. The molecule has 0 aliphatic heterocycles. The van der Waals surface area contributed by atoms with Gasteiger partial charge in [-0.2, -0.15) is 0 Å². The first-order chi connectivity index (χ1) is 6.83. The second-order valence-electron chi connectivity index (χ2n) is 2.86. The average molecular weight is 194 g/mol. The van der Waals surface area contributed by atoms with Crippen molar-refractivity contribution in [1.29, 1.82) is 0 Å². The first-order valence-corrected chi connectivity index (χ1v) is 4.47. The number of aryl methyl sites for hydroxylation is 1. The topological polar surface area (TPSA) is 35.5 Å². The van der Waals surface area contributed by atoms with Gasteiger partial charge in [-0.05, 0) is 18.1 Å². The number of benzene rings is 1. The molecule has 0 fully saturated rings. The lowest BCUT2D eigenvalue weighted by Gasteiger charge is -2.11. The number of hydrogen-bond acceptors (Lipinski definition) is 3. The molecular weight excluding hydrogens is 180 g/mol. The third kappa shape index (κ3) is 2.25. The Kier molecular flexibility index (Phi) is 3.98. The van der Waals surface area contributed by atoms with Crippen LogP contribution in [0.1, 0.15) is 12.0 Å². The maximum atomic E-state index is 10.3. The summed E-state index contributed by atoms with van der Waals surface area (Å²) in [4.78, 5) is 10.3. The van der Waals surface area contributed by atoms with Crippen molar-refractivity contribution in [2.24, 2.45) is 0 Å². The quantitative estimate of drug-likeness (QED) is 0.671. The molecular formula is C11H14O3. The highest BCUT2D eigenvalue weighted by Crippen LogP contribution is 2.31. The van der Waals surface area contributed by atoms with Gasteiger partial charge in [0.1, 0.15) is 6.29 Å². The minimum Gasteiger partial charge on any atom is -0.493 e. The zero-order chi connectivity index (χ0) is 10.4. The summed E-state index contributed by atoms with van der Waals surface area (Å²) in [5.41, 5.74) is 0.999. The summed E-state index contributed by atoms with van der Waals surface area (Å²) >= 11 is 0. The van der Waals surface area contributed by atoms with E-state index in [-0.39, 0.29) is 0 Å². The molecule has 0 aromatic heterocycles. The lowest BCUT2D eigenvalue weighted by molar-refractivity contribution is -0.107. The van der Waals surface area contributed by atoms with Gasteiger partial charge in [-0.3, -0.25) is 0 Å². The lowest BCUT2D eigenvalue weighted by atomic mass is 10.1. The molecule has 0 aliphatic carbocycles. The van der Waals surface area contributed by atoms with Gasteiger partial charge in [0.25, 0.3) is 0 Å². The van der Waals surface area contributed by atoms with E-state index < -0.39 is 0 Å². The van der Waals surface area contributed by atoms with Crippen LogP contribution in [0.2, 0.25) is 0 Å². The van der Waals surface area contributed by atoms with E-state index in [1.165, 1.54) is 0 Å². The highest BCUT2D eigenvalue weighted by atomic mass is 16.5. The van der Waals surface area contributed by atoms with Crippen molar-refractivity contribution in [3.05, 3.63) is 23.8 Å². The molecule has 3 nitrogen and oxygen atoms in total. The van der Waals surface area contributed by atoms with Gasteiger partial charge in [0, 0.05) is 6.42 Å². The lowest BCUT2D eigenvalue weighted by Crippen LogP contribution is -1.96. The van der Waals surface area contributed by atoms with Crippen LogP contribution in [0.25, 0.3) is 0 Å². The van der Waals surface area contributed by atoms with Gasteiger partial charge >= 0.3 is 0 Å². The molecule has 0 spiro atoms. The monoisotopic (exact) mass is 194 g/mol. The number of para-hydroxylation sites is 1. The van der Waals surface area contributed by atoms with Crippen LogP contribution in [0.5, 0.6) is 11.5 Å². The highest BCUT2D eigenvalue weighted by molar-refractivity contribution is 5.52. The van der Waals surface area contributed by atoms with Crippen LogP contribution < -0.4 is 9.47 Å². The van der Waals surface area contributed by atoms with Gasteiger partial charge in [-0.25, -0.2) is 0 Å². The third-order valence-electron chi connectivity index (χ3n) is 2.02. The number of carbonyl (C=O) groups excluding carboxylic acids is 1. The van der Waals surface area contributed by atoms with Crippen molar-refractivity contribution in [2.45, 2.75) is 12.8 Å². The van der Waals surface area contributed by atoms with Crippen LogP contribution in [0, 0.1) is 0 Å². The van der Waals surface area contributed by atoms with E-state index in [1.54, 1.807) is 14.2 Å². The number of hydrogen-bond donors (Lipinski definition) is 0. The Morgan fingerprint density at radius 2 is 2.07 bits per heavy atom. The van der Waals surface area contributed by atoms with Crippen molar-refractivity contribution in [1.82, 2.24) is 0 Å². The fourth-order valence-corrected chi connectivity index (χ4v) is 1.36. The molecule has 0 bridgehead atoms. The molecule has 0 atom stereocenters. The fraction of sp³-hybridized carbons (Fsp3) is 0.364. The van der Waals surface area contributed by atoms with E-state index in [2.05, 4.69) is 0 Å². The molecule has 1 aromatic carbocycles. The molecule has 0 saturated heterocycles. The smallest absolute Gasteiger partial charge is 0.163 e. The standard InChI is InChI=1S/C11H14O3/c1-13-10-7-3-5-9(6-4-8-12)11(10)14-2/h3,5,7-8H,4,6H2,1-2H3. The number of aldehydes is 1. The summed E-state index contributed by atoms with van der Waals surface area (Å²) in [6, 6.07) is 5.66. The molecule has 14 heavy (non-hydrogen) atoms. The predicted molar refractivity (Wildman–Crippen MR) is 53.9 cm³/mol. The van der Waals surface area contributed by atoms with E-state index >= 15 is 0 Å². The molecule has 0 saturated carbocycles. The van der Waals surface area contributed by atoms with E-state index in [1.807, 2.05) is 18.2 Å². The Balaban J connectivity index is 2.95. The summed E-state index contributed by atoms with van der Waals surface area (Å²) in [5, 5.41) is 0. The molecule has 0 unspecified atom stereocenters. The van der Waals surface area contributed by atoms with Gasteiger partial charge in [0.15, 0.2) is 11.5 Å². The van der Waals surface area contributed by atoms with Crippen molar-refractivity contribution in [3.8, 4) is 11.5 Å². The Morgan fingerprint density at radius 1 is 1.29 bits per heavy atom. The van der Waals surface area contributed by atoms with Crippen molar-refractivity contribution in [2.75, 3.05) is 14.2 Å². The number of ether oxygens (including phenoxy) is 2. The SMILES string of the molecule is COc1cccc(CCC=O)c1OC. The van der Waals surface area contributed by atoms with Gasteiger partial charge in [-0.1, -0.05) is 12.1 Å². The molecule has 0 amide bonds. The second kappa shape index (κ2) is 5.27. The van der Waals surface area contributed by atoms with Crippen LogP contribution in [0.4, 0.5) is 0 Å². The fourth-order valence-electron chi connectivity index (χ4n) is 1.36. The molecule has 76 valence electrons. The van der Waals surface area contributed by atoms with Crippen LogP contribution in [0.15, 0.2) is 18.2 Å². The van der Waals surface area contributed by atoms with Gasteiger partial charge < -0.3 is 14.3 Å². The Hall–Kier alpha value is -1.51. The van der Waals surface area contributed by atoms with E-state index in [4.69, 9.17) is 9.47 Å². The summed E-state index contributed by atoms with van der Waals surface area (Å²) in [6.45, 7) is 0. The van der Waals surface area contributed by atoms with E-state index in [0.717, 1.165) is 17.6 Å². The highest BCUT2D eigenvalue weighted by Gasteiger charge is 2.08. The summed E-state index contributed by atoms with van der Waals surface area (Å²) in [5.74, 6) is 1.42. The molecule has 1 aromatic rings. The first kappa shape index (κ1) is 10.6. The van der Waals surface area contributed by atoms with Crippen molar-refractivity contribution >= 4 is 6.29 Å². The summed E-state index contributed by atoms with van der Waals surface area (Å²) < 4.78 is 10.4. The van der Waals surface area contributed by atoms with Crippen molar-refractivity contribution < 1.29 is 14.3 Å². The van der Waals surface area contributed by atoms with Crippen LogP contribution in [0.3, 0.4) is 0 Å². The third-order valence-corrected chi connectivity index (χ3v) is 2.02. The Bertz CT molecular complexity index is 307. The number of rotatable bonds is 5.